The molecule has 2 saturated carbocycles. The number of fused-ring (bicyclic) bond motifs is 5. The van der Waals surface area contributed by atoms with Crippen molar-refractivity contribution in [1.29, 1.82) is 0 Å². The predicted molar refractivity (Wildman–Crippen MR) is 96.0 cm³/mol. The Kier molecular flexibility index (Phi) is 3.50. The van der Waals surface area contributed by atoms with E-state index < -0.39 is 5.97 Å². The van der Waals surface area contributed by atoms with Crippen LogP contribution in [-0.4, -0.2) is 17.8 Å². The highest BCUT2D eigenvalue weighted by Crippen LogP contribution is 2.56. The number of benzene rings is 1. The van der Waals surface area contributed by atoms with Gasteiger partial charge in [0.15, 0.2) is 0 Å². The second kappa shape index (κ2) is 5.77. The number of carbonyl (C=O) groups excluding carboxylic acids is 3. The summed E-state index contributed by atoms with van der Waals surface area (Å²) in [5.41, 5.74) is 0.560. The first-order chi connectivity index (χ1) is 12.6. The zero-order chi connectivity index (χ0) is 17.8. The van der Waals surface area contributed by atoms with Crippen LogP contribution in [-0.2, 0) is 9.59 Å². The summed E-state index contributed by atoms with van der Waals surface area (Å²) in [5, 5.41) is 1.81. The van der Waals surface area contributed by atoms with E-state index in [0.717, 1.165) is 19.3 Å². The van der Waals surface area contributed by atoms with E-state index in [-0.39, 0.29) is 23.7 Å². The highest BCUT2D eigenvalue weighted by molar-refractivity contribution is 7.12. The lowest BCUT2D eigenvalue weighted by atomic mass is 9.81. The zero-order valence-corrected chi connectivity index (χ0v) is 14.8. The molecule has 6 heteroatoms. The Bertz CT molecular complexity index is 861. The molecule has 5 rings (SSSR count). The molecule has 1 aromatic heterocycles. The Morgan fingerprint density at radius 3 is 2.23 bits per heavy atom. The van der Waals surface area contributed by atoms with Gasteiger partial charge in [-0.2, -0.15) is 0 Å². The van der Waals surface area contributed by atoms with Crippen molar-refractivity contribution in [1.82, 2.24) is 0 Å². The summed E-state index contributed by atoms with van der Waals surface area (Å²) in [6.07, 6.45) is 3.16. The Morgan fingerprint density at radius 1 is 1.00 bits per heavy atom. The van der Waals surface area contributed by atoms with E-state index >= 15 is 0 Å². The van der Waals surface area contributed by atoms with Crippen LogP contribution in [0.25, 0.3) is 0 Å². The lowest BCUT2D eigenvalue weighted by molar-refractivity contribution is -0.123. The van der Waals surface area contributed by atoms with Gasteiger partial charge in [0.05, 0.1) is 17.5 Å². The molecule has 1 saturated heterocycles. The summed E-state index contributed by atoms with van der Waals surface area (Å²) < 4.78 is 5.33. The third-order valence-electron chi connectivity index (χ3n) is 5.96. The lowest BCUT2D eigenvalue weighted by Gasteiger charge is -2.19. The normalized spacial score (nSPS) is 29.3. The van der Waals surface area contributed by atoms with Crippen molar-refractivity contribution in [3.05, 3.63) is 46.7 Å². The van der Waals surface area contributed by atoms with E-state index in [1.807, 2.05) is 5.38 Å². The van der Waals surface area contributed by atoms with Gasteiger partial charge >= 0.3 is 5.97 Å². The van der Waals surface area contributed by atoms with Crippen LogP contribution in [0.4, 0.5) is 5.69 Å². The van der Waals surface area contributed by atoms with Gasteiger partial charge in [0.2, 0.25) is 11.8 Å². The number of esters is 1. The molecular weight excluding hydrogens is 350 g/mol. The number of rotatable bonds is 3. The minimum atomic E-state index is -0.410. The monoisotopic (exact) mass is 367 g/mol. The second-order valence-electron chi connectivity index (χ2n) is 7.26. The molecule has 0 spiro atoms. The molecule has 1 aromatic carbocycles. The molecule has 4 atom stereocenters. The van der Waals surface area contributed by atoms with Crippen molar-refractivity contribution < 1.29 is 19.1 Å². The van der Waals surface area contributed by atoms with E-state index in [1.165, 1.54) is 16.2 Å². The number of anilines is 1. The number of amides is 2. The molecule has 26 heavy (non-hydrogen) atoms. The molecule has 2 bridgehead atoms. The summed E-state index contributed by atoms with van der Waals surface area (Å²) in [6.45, 7) is 0. The minimum Gasteiger partial charge on any atom is -0.422 e. The zero-order valence-electron chi connectivity index (χ0n) is 14.0. The Hall–Kier alpha value is -2.47. The molecule has 0 N–H and O–H groups in total. The van der Waals surface area contributed by atoms with Crippen LogP contribution in [0.1, 0.15) is 28.9 Å². The van der Waals surface area contributed by atoms with Gasteiger partial charge in [0, 0.05) is 0 Å². The fourth-order valence-electron chi connectivity index (χ4n) is 4.88. The molecule has 2 aromatic rings. The van der Waals surface area contributed by atoms with Crippen molar-refractivity contribution in [2.45, 2.75) is 19.3 Å². The van der Waals surface area contributed by atoms with Crippen LogP contribution in [0.15, 0.2) is 41.8 Å². The van der Waals surface area contributed by atoms with Gasteiger partial charge in [-0.3, -0.25) is 14.5 Å². The molecule has 0 radical (unpaired) electrons. The Morgan fingerprint density at radius 2 is 1.65 bits per heavy atom. The van der Waals surface area contributed by atoms with Crippen LogP contribution < -0.4 is 9.64 Å². The first-order valence-corrected chi connectivity index (χ1v) is 9.75. The van der Waals surface area contributed by atoms with E-state index in [4.69, 9.17) is 4.74 Å². The highest BCUT2D eigenvalue weighted by Gasteiger charge is 2.61. The van der Waals surface area contributed by atoms with Crippen molar-refractivity contribution >= 4 is 34.8 Å². The SMILES string of the molecule is O=C(Oc1ccc(N2C(=O)[C@H]3[C@@H]4CC[C@H](C4)[C@@H]3C2=O)cc1)c1cccs1. The van der Waals surface area contributed by atoms with E-state index in [9.17, 15) is 14.4 Å². The molecule has 1 aliphatic heterocycles. The largest absolute Gasteiger partial charge is 0.422 e. The summed E-state index contributed by atoms with van der Waals surface area (Å²) in [6, 6.07) is 10.1. The van der Waals surface area contributed by atoms with Gasteiger partial charge < -0.3 is 4.74 Å². The summed E-state index contributed by atoms with van der Waals surface area (Å²) in [4.78, 5) is 39.5. The molecule has 2 heterocycles. The highest BCUT2D eigenvalue weighted by atomic mass is 32.1. The molecule has 3 aliphatic rings. The lowest BCUT2D eigenvalue weighted by Crippen LogP contribution is -2.32. The number of hydrogen-bond donors (Lipinski definition) is 0. The molecule has 5 nitrogen and oxygen atoms in total. The maximum Gasteiger partial charge on any atom is 0.353 e. The van der Waals surface area contributed by atoms with Crippen molar-refractivity contribution in [3.63, 3.8) is 0 Å². The van der Waals surface area contributed by atoms with Gasteiger partial charge in [0.1, 0.15) is 10.6 Å². The molecule has 2 amide bonds. The number of nitrogens with zero attached hydrogens (tertiary/aromatic N) is 1. The summed E-state index contributed by atoms with van der Waals surface area (Å²) in [5.74, 6) is 0.356. The summed E-state index contributed by atoms with van der Waals surface area (Å²) in [7, 11) is 0. The average Bonchev–Trinajstić information content (AvgIpc) is 3.41. The third-order valence-corrected chi connectivity index (χ3v) is 6.81. The quantitative estimate of drug-likeness (QED) is 0.473. The maximum absolute atomic E-state index is 12.8. The molecule has 0 unspecified atom stereocenters. The van der Waals surface area contributed by atoms with Crippen LogP contribution >= 0.6 is 11.3 Å². The molecule has 3 fully saturated rings. The topological polar surface area (TPSA) is 63.7 Å². The van der Waals surface area contributed by atoms with Crippen LogP contribution in [0.2, 0.25) is 0 Å². The van der Waals surface area contributed by atoms with Gasteiger partial charge in [-0.1, -0.05) is 6.07 Å². The predicted octanol–water partition coefficient (Wildman–Crippen LogP) is 3.50. The van der Waals surface area contributed by atoms with E-state index in [2.05, 4.69) is 0 Å². The van der Waals surface area contributed by atoms with Crippen LogP contribution in [0.3, 0.4) is 0 Å². The van der Waals surface area contributed by atoms with Crippen molar-refractivity contribution in [2.75, 3.05) is 4.90 Å². The van der Waals surface area contributed by atoms with Gasteiger partial charge in [-0.05, 0) is 66.8 Å². The van der Waals surface area contributed by atoms with Gasteiger partial charge in [-0.15, -0.1) is 11.3 Å². The smallest absolute Gasteiger partial charge is 0.353 e. The van der Waals surface area contributed by atoms with Crippen molar-refractivity contribution in [2.24, 2.45) is 23.7 Å². The van der Waals surface area contributed by atoms with Crippen LogP contribution in [0.5, 0.6) is 5.75 Å². The number of imide groups is 1. The molecule has 2 aliphatic carbocycles. The fraction of sp³-hybridized carbons (Fsp3) is 0.350. The Labute approximate surface area is 154 Å². The van der Waals surface area contributed by atoms with Gasteiger partial charge in [0.25, 0.3) is 0 Å². The first kappa shape index (κ1) is 15.8. The number of thiophene rings is 1. The number of carbonyl (C=O) groups is 3. The second-order valence-corrected chi connectivity index (χ2v) is 8.21. The number of hydrogen-bond acceptors (Lipinski definition) is 5. The fourth-order valence-corrected chi connectivity index (χ4v) is 5.48. The third kappa shape index (κ3) is 2.25. The van der Waals surface area contributed by atoms with E-state index in [0.29, 0.717) is 28.1 Å². The van der Waals surface area contributed by atoms with Gasteiger partial charge in [-0.25, -0.2) is 4.79 Å². The molecular formula is C20H17NO4S. The minimum absolute atomic E-state index is 0.0597. The summed E-state index contributed by atoms with van der Waals surface area (Å²) >= 11 is 1.32. The van der Waals surface area contributed by atoms with E-state index in [1.54, 1.807) is 36.4 Å². The van der Waals surface area contributed by atoms with Crippen LogP contribution in [0, 0.1) is 23.7 Å². The standard InChI is InChI=1S/C20H17NO4S/c22-18-16-11-3-4-12(10-11)17(16)19(23)21(18)13-5-7-14(8-6-13)25-20(24)15-2-1-9-26-15/h1-2,5-9,11-12,16-17H,3-4,10H2/t11-,12-,16+,17+/m1/s1. The molecule has 132 valence electrons. The maximum atomic E-state index is 12.8. The van der Waals surface area contributed by atoms with Crippen molar-refractivity contribution in [3.8, 4) is 5.75 Å². The number of ether oxygens (including phenoxy) is 1. The average molecular weight is 367 g/mol. The first-order valence-electron chi connectivity index (χ1n) is 8.87. The Balaban J connectivity index is 1.36.